The van der Waals surface area contributed by atoms with E-state index in [2.05, 4.69) is 10.3 Å². The van der Waals surface area contributed by atoms with Crippen LogP contribution < -0.4 is 5.32 Å². The average Bonchev–Trinajstić information content (AvgIpc) is 2.43. The fourth-order valence-corrected chi connectivity index (χ4v) is 1.63. The minimum Gasteiger partial charge on any atom is -0.481 e. The van der Waals surface area contributed by atoms with Gasteiger partial charge in [0.25, 0.3) is 5.91 Å². The monoisotopic (exact) mass is 279 g/mol. The molecule has 2 N–H and O–H groups in total. The number of nitrogens with one attached hydrogen (secondary N) is 1. The molecule has 110 valence electrons. The molecule has 0 aliphatic heterocycles. The van der Waals surface area contributed by atoms with Crippen molar-refractivity contribution in [2.75, 3.05) is 26.0 Å². The smallest absolute Gasteiger partial charge is 0.306 e. The molecule has 6 heteroatoms. The molecule has 1 unspecified atom stereocenters. The van der Waals surface area contributed by atoms with Crippen LogP contribution in [0, 0.1) is 5.92 Å². The number of hydrogen-bond donors (Lipinski definition) is 2. The molecular formula is C14H21N3O3. The quantitative estimate of drug-likeness (QED) is 0.742. The van der Waals surface area contributed by atoms with Crippen LogP contribution in [0.4, 0.5) is 5.82 Å². The molecule has 0 saturated heterocycles. The maximum atomic E-state index is 11.7. The third-order valence-corrected chi connectivity index (χ3v) is 2.96. The minimum atomic E-state index is -0.769. The molecule has 0 fully saturated rings. The highest BCUT2D eigenvalue weighted by Gasteiger charge is 2.10. The highest BCUT2D eigenvalue weighted by molar-refractivity contribution is 5.93. The number of nitrogens with zero attached hydrogens (tertiary/aromatic N) is 2. The predicted octanol–water partition coefficient (Wildman–Crippen LogP) is 1.70. The van der Waals surface area contributed by atoms with Crippen molar-refractivity contribution in [2.45, 2.75) is 19.8 Å². The average molecular weight is 279 g/mol. The maximum Gasteiger partial charge on any atom is 0.306 e. The molecule has 0 bridgehead atoms. The number of carboxylic acid groups (broad SMARTS) is 1. The Hall–Kier alpha value is -2.11. The number of aliphatic carboxylic acids is 1. The van der Waals surface area contributed by atoms with Gasteiger partial charge in [0.15, 0.2) is 0 Å². The van der Waals surface area contributed by atoms with Crippen molar-refractivity contribution in [3.63, 3.8) is 0 Å². The zero-order valence-electron chi connectivity index (χ0n) is 12.1. The lowest BCUT2D eigenvalue weighted by atomic mass is 10.1. The second-order valence-electron chi connectivity index (χ2n) is 4.94. The SMILES string of the molecule is CC(CCCNc1ccc(C(=O)N(C)C)cn1)C(=O)O. The van der Waals surface area contributed by atoms with E-state index in [4.69, 9.17) is 5.11 Å². The van der Waals surface area contributed by atoms with Gasteiger partial charge in [-0.05, 0) is 25.0 Å². The van der Waals surface area contributed by atoms with Gasteiger partial charge in [0, 0.05) is 26.8 Å². The summed E-state index contributed by atoms with van der Waals surface area (Å²) in [6.07, 6.45) is 2.91. The van der Waals surface area contributed by atoms with Gasteiger partial charge >= 0.3 is 5.97 Å². The fourth-order valence-electron chi connectivity index (χ4n) is 1.63. The van der Waals surface area contributed by atoms with E-state index < -0.39 is 5.97 Å². The largest absolute Gasteiger partial charge is 0.481 e. The van der Waals surface area contributed by atoms with E-state index in [1.807, 2.05) is 0 Å². The summed E-state index contributed by atoms with van der Waals surface area (Å²) in [6.45, 7) is 2.35. The van der Waals surface area contributed by atoms with Gasteiger partial charge in [0.2, 0.25) is 0 Å². The van der Waals surface area contributed by atoms with Crippen LogP contribution in [0.1, 0.15) is 30.1 Å². The van der Waals surface area contributed by atoms with Crippen LogP contribution >= 0.6 is 0 Å². The second-order valence-corrected chi connectivity index (χ2v) is 4.94. The topological polar surface area (TPSA) is 82.5 Å². The summed E-state index contributed by atoms with van der Waals surface area (Å²) in [6, 6.07) is 3.47. The van der Waals surface area contributed by atoms with Gasteiger partial charge < -0.3 is 15.3 Å². The highest BCUT2D eigenvalue weighted by Crippen LogP contribution is 2.09. The Morgan fingerprint density at radius 3 is 2.60 bits per heavy atom. The standard InChI is InChI=1S/C14H21N3O3/c1-10(14(19)20)5-4-8-15-12-7-6-11(9-16-12)13(18)17(2)3/h6-7,9-10H,4-5,8H2,1-3H3,(H,15,16)(H,19,20). The summed E-state index contributed by atoms with van der Waals surface area (Å²) >= 11 is 0. The number of hydrogen-bond acceptors (Lipinski definition) is 4. The van der Waals surface area contributed by atoms with E-state index >= 15 is 0 Å². The summed E-state index contributed by atoms with van der Waals surface area (Å²) in [5.74, 6) is -0.498. The van der Waals surface area contributed by atoms with E-state index in [-0.39, 0.29) is 11.8 Å². The van der Waals surface area contributed by atoms with Gasteiger partial charge in [-0.3, -0.25) is 9.59 Å². The lowest BCUT2D eigenvalue weighted by molar-refractivity contribution is -0.141. The number of aromatic nitrogens is 1. The number of pyridine rings is 1. The summed E-state index contributed by atoms with van der Waals surface area (Å²) in [5.41, 5.74) is 0.542. The molecule has 0 aromatic carbocycles. The van der Waals surface area contributed by atoms with Crippen LogP contribution in [-0.4, -0.2) is 47.5 Å². The number of carboxylic acids is 1. The van der Waals surface area contributed by atoms with Gasteiger partial charge in [0.1, 0.15) is 5.82 Å². The Balaban J connectivity index is 2.39. The van der Waals surface area contributed by atoms with Crippen LogP contribution in [0.3, 0.4) is 0 Å². The normalized spacial score (nSPS) is 11.8. The van der Waals surface area contributed by atoms with Crippen molar-refractivity contribution >= 4 is 17.7 Å². The van der Waals surface area contributed by atoms with Gasteiger partial charge in [-0.15, -0.1) is 0 Å². The van der Waals surface area contributed by atoms with Crippen LogP contribution in [-0.2, 0) is 4.79 Å². The van der Waals surface area contributed by atoms with Crippen LogP contribution in [0.25, 0.3) is 0 Å². The van der Waals surface area contributed by atoms with Crippen molar-refractivity contribution in [2.24, 2.45) is 5.92 Å². The minimum absolute atomic E-state index is 0.0840. The zero-order chi connectivity index (χ0) is 15.1. The number of amides is 1. The summed E-state index contributed by atoms with van der Waals surface area (Å²) in [7, 11) is 3.39. The molecule has 1 heterocycles. The number of carbonyl (C=O) groups excluding carboxylic acids is 1. The Kier molecular flexibility index (Phi) is 5.96. The van der Waals surface area contributed by atoms with Gasteiger partial charge in [-0.1, -0.05) is 6.92 Å². The van der Waals surface area contributed by atoms with E-state index in [9.17, 15) is 9.59 Å². The van der Waals surface area contributed by atoms with Gasteiger partial charge in [-0.2, -0.15) is 0 Å². The molecule has 1 aromatic rings. The van der Waals surface area contributed by atoms with Crippen molar-refractivity contribution in [3.05, 3.63) is 23.9 Å². The first kappa shape index (κ1) is 15.9. The van der Waals surface area contributed by atoms with Crippen LogP contribution in [0.5, 0.6) is 0 Å². The number of carbonyl (C=O) groups is 2. The van der Waals surface area contributed by atoms with Gasteiger partial charge in [0.05, 0.1) is 11.5 Å². The molecule has 0 aliphatic rings. The first-order chi connectivity index (χ1) is 9.41. The first-order valence-corrected chi connectivity index (χ1v) is 6.56. The Morgan fingerprint density at radius 2 is 2.10 bits per heavy atom. The molecule has 6 nitrogen and oxygen atoms in total. The molecule has 20 heavy (non-hydrogen) atoms. The summed E-state index contributed by atoms with van der Waals surface area (Å²) < 4.78 is 0. The Bertz CT molecular complexity index is 457. The molecule has 1 aromatic heterocycles. The third-order valence-electron chi connectivity index (χ3n) is 2.96. The molecule has 1 atom stereocenters. The number of anilines is 1. The fraction of sp³-hybridized carbons (Fsp3) is 0.500. The third kappa shape index (κ3) is 4.87. The van der Waals surface area contributed by atoms with E-state index in [0.29, 0.717) is 24.3 Å². The molecule has 0 radical (unpaired) electrons. The van der Waals surface area contributed by atoms with Crippen molar-refractivity contribution < 1.29 is 14.7 Å². The Morgan fingerprint density at radius 1 is 1.40 bits per heavy atom. The number of rotatable bonds is 7. The lowest BCUT2D eigenvalue weighted by Gasteiger charge is -2.11. The van der Waals surface area contributed by atoms with Crippen molar-refractivity contribution in [1.29, 1.82) is 0 Å². The first-order valence-electron chi connectivity index (χ1n) is 6.56. The molecular weight excluding hydrogens is 258 g/mol. The van der Waals surface area contributed by atoms with E-state index in [0.717, 1.165) is 6.42 Å². The van der Waals surface area contributed by atoms with Crippen molar-refractivity contribution in [1.82, 2.24) is 9.88 Å². The highest BCUT2D eigenvalue weighted by atomic mass is 16.4. The molecule has 1 rings (SSSR count). The summed E-state index contributed by atoms with van der Waals surface area (Å²) in [5, 5.41) is 11.9. The molecule has 0 saturated carbocycles. The van der Waals surface area contributed by atoms with E-state index in [1.165, 1.54) is 11.1 Å². The second kappa shape index (κ2) is 7.47. The lowest BCUT2D eigenvalue weighted by Crippen LogP contribution is -2.21. The van der Waals surface area contributed by atoms with Gasteiger partial charge in [-0.25, -0.2) is 4.98 Å². The maximum absolute atomic E-state index is 11.7. The molecule has 0 aliphatic carbocycles. The van der Waals surface area contributed by atoms with E-state index in [1.54, 1.807) is 33.2 Å². The predicted molar refractivity (Wildman–Crippen MR) is 76.8 cm³/mol. The van der Waals surface area contributed by atoms with Crippen molar-refractivity contribution in [3.8, 4) is 0 Å². The molecule has 1 amide bonds. The summed E-state index contributed by atoms with van der Waals surface area (Å²) in [4.78, 5) is 28.0. The Labute approximate surface area is 118 Å². The zero-order valence-corrected chi connectivity index (χ0v) is 12.1. The van der Waals surface area contributed by atoms with Crippen LogP contribution in [0.2, 0.25) is 0 Å². The molecule has 0 spiro atoms. The van der Waals surface area contributed by atoms with Crippen LogP contribution in [0.15, 0.2) is 18.3 Å².